The van der Waals surface area contributed by atoms with Crippen molar-refractivity contribution in [3.05, 3.63) is 89.5 Å². The monoisotopic (exact) mass is 443 g/mol. The number of nitrogens with zero attached hydrogens (tertiary/aromatic N) is 3. The molecule has 0 radical (unpaired) electrons. The van der Waals surface area contributed by atoms with Gasteiger partial charge in [0.05, 0.1) is 23.3 Å². The van der Waals surface area contributed by atoms with Gasteiger partial charge in [0.15, 0.2) is 0 Å². The molecule has 0 bridgehead atoms. The molecular formula is C27H26FN3O2. The maximum absolute atomic E-state index is 14.3. The van der Waals surface area contributed by atoms with Gasteiger partial charge in [-0.2, -0.15) is 0 Å². The number of anilines is 1. The van der Waals surface area contributed by atoms with Crippen LogP contribution in [0.1, 0.15) is 29.3 Å². The van der Waals surface area contributed by atoms with Gasteiger partial charge < -0.3 is 14.2 Å². The molecule has 6 heteroatoms. The zero-order valence-corrected chi connectivity index (χ0v) is 18.8. The van der Waals surface area contributed by atoms with Gasteiger partial charge in [0.2, 0.25) is 5.91 Å². The van der Waals surface area contributed by atoms with Gasteiger partial charge in [-0.25, -0.2) is 9.37 Å². The fraction of sp³-hybridized carbons (Fsp3) is 0.259. The molecule has 5 nitrogen and oxygen atoms in total. The quantitative estimate of drug-likeness (QED) is 0.401. The van der Waals surface area contributed by atoms with E-state index >= 15 is 0 Å². The minimum absolute atomic E-state index is 0.0877. The molecule has 0 aliphatic carbocycles. The number of fused-ring (bicyclic) bond motifs is 1. The molecule has 3 aromatic carbocycles. The minimum Gasteiger partial charge on any atom is -0.491 e. The van der Waals surface area contributed by atoms with Crippen molar-refractivity contribution in [1.29, 1.82) is 0 Å². The first-order valence-electron chi connectivity index (χ1n) is 11.2. The Morgan fingerprint density at radius 2 is 1.85 bits per heavy atom. The lowest BCUT2D eigenvalue weighted by Crippen LogP contribution is -2.25. The van der Waals surface area contributed by atoms with Crippen molar-refractivity contribution in [3.63, 3.8) is 0 Å². The molecule has 1 atom stereocenters. The highest BCUT2D eigenvalue weighted by atomic mass is 19.1. The Bertz CT molecular complexity index is 1330. The average molecular weight is 444 g/mol. The molecule has 33 heavy (non-hydrogen) atoms. The van der Waals surface area contributed by atoms with Crippen LogP contribution < -0.4 is 9.64 Å². The number of benzene rings is 3. The number of amides is 1. The predicted octanol–water partition coefficient (Wildman–Crippen LogP) is 5.39. The second kappa shape index (κ2) is 8.70. The molecule has 0 unspecified atom stereocenters. The van der Waals surface area contributed by atoms with E-state index in [1.165, 1.54) is 16.5 Å². The molecule has 1 fully saturated rings. The number of halogens is 1. The summed E-state index contributed by atoms with van der Waals surface area (Å²) in [5, 5.41) is 0. The first-order chi connectivity index (χ1) is 16.0. The van der Waals surface area contributed by atoms with Crippen LogP contribution in [0.2, 0.25) is 0 Å². The first-order valence-corrected chi connectivity index (χ1v) is 11.2. The Hall–Kier alpha value is -3.67. The average Bonchev–Trinajstić information content (AvgIpc) is 3.36. The van der Waals surface area contributed by atoms with Crippen molar-refractivity contribution in [2.45, 2.75) is 32.7 Å². The zero-order valence-electron chi connectivity index (χ0n) is 18.8. The summed E-state index contributed by atoms with van der Waals surface area (Å²) >= 11 is 0. The maximum Gasteiger partial charge on any atom is 0.227 e. The van der Waals surface area contributed by atoms with Crippen molar-refractivity contribution < 1.29 is 13.9 Å². The number of rotatable bonds is 6. The van der Waals surface area contributed by atoms with E-state index in [1.807, 2.05) is 43.3 Å². The van der Waals surface area contributed by atoms with Crippen LogP contribution in [-0.2, 0) is 11.3 Å². The van der Waals surface area contributed by atoms with Crippen LogP contribution in [-0.4, -0.2) is 28.6 Å². The van der Waals surface area contributed by atoms with Crippen LogP contribution in [0.4, 0.5) is 10.1 Å². The maximum atomic E-state index is 14.3. The normalized spacial score (nSPS) is 16.0. The number of ether oxygens (including phenoxy) is 1. The number of hydrogen-bond donors (Lipinski definition) is 0. The second-order valence-electron chi connectivity index (χ2n) is 8.58. The molecule has 1 amide bonds. The number of aromatic nitrogens is 2. The molecule has 168 valence electrons. The number of para-hydroxylation sites is 3. The fourth-order valence-corrected chi connectivity index (χ4v) is 4.63. The summed E-state index contributed by atoms with van der Waals surface area (Å²) in [5.74, 6) is 1.11. The Kier molecular flexibility index (Phi) is 5.58. The second-order valence-corrected chi connectivity index (χ2v) is 8.58. The van der Waals surface area contributed by atoms with Gasteiger partial charge in [-0.1, -0.05) is 42.0 Å². The summed E-state index contributed by atoms with van der Waals surface area (Å²) in [5.41, 5.74) is 4.52. The van der Waals surface area contributed by atoms with Crippen LogP contribution in [0.3, 0.4) is 0 Å². The van der Waals surface area contributed by atoms with E-state index in [2.05, 4.69) is 17.6 Å². The van der Waals surface area contributed by atoms with Crippen molar-refractivity contribution in [2.24, 2.45) is 0 Å². The zero-order chi connectivity index (χ0) is 22.9. The van der Waals surface area contributed by atoms with E-state index in [4.69, 9.17) is 9.72 Å². The van der Waals surface area contributed by atoms with Crippen molar-refractivity contribution in [2.75, 3.05) is 18.1 Å². The van der Waals surface area contributed by atoms with Crippen LogP contribution >= 0.6 is 0 Å². The number of imidazole rings is 1. The summed E-state index contributed by atoms with van der Waals surface area (Å²) in [7, 11) is 0. The lowest BCUT2D eigenvalue weighted by atomic mass is 10.1. The molecule has 1 saturated heterocycles. The Balaban J connectivity index is 1.41. The van der Waals surface area contributed by atoms with E-state index in [1.54, 1.807) is 18.2 Å². The summed E-state index contributed by atoms with van der Waals surface area (Å²) < 4.78 is 22.6. The van der Waals surface area contributed by atoms with Gasteiger partial charge in [-0.05, 0) is 49.7 Å². The van der Waals surface area contributed by atoms with Crippen LogP contribution in [0.25, 0.3) is 11.0 Å². The van der Waals surface area contributed by atoms with Crippen LogP contribution in [0.5, 0.6) is 5.75 Å². The minimum atomic E-state index is -0.387. The van der Waals surface area contributed by atoms with E-state index in [-0.39, 0.29) is 17.6 Å². The van der Waals surface area contributed by atoms with Crippen molar-refractivity contribution in [1.82, 2.24) is 9.55 Å². The Morgan fingerprint density at radius 1 is 1.06 bits per heavy atom. The summed E-state index contributed by atoms with van der Waals surface area (Å²) in [4.78, 5) is 19.2. The SMILES string of the molecule is Cc1ccc(OCCn2c([C@@H]3CC(=O)N(c4ccccc4F)C3)nc3ccccc32)c(C)c1. The number of hydrogen-bond acceptors (Lipinski definition) is 3. The van der Waals surface area contributed by atoms with Gasteiger partial charge in [-0.15, -0.1) is 0 Å². The smallest absolute Gasteiger partial charge is 0.227 e. The summed E-state index contributed by atoms with van der Waals surface area (Å²) in [6.07, 6.45) is 0.301. The molecular weight excluding hydrogens is 417 g/mol. The van der Waals surface area contributed by atoms with E-state index < -0.39 is 0 Å². The Morgan fingerprint density at radius 3 is 2.67 bits per heavy atom. The molecule has 2 heterocycles. The van der Waals surface area contributed by atoms with E-state index in [0.29, 0.717) is 31.8 Å². The number of aryl methyl sites for hydroxylation is 2. The highest BCUT2D eigenvalue weighted by Crippen LogP contribution is 2.34. The standard InChI is InChI=1S/C27H26FN3O2/c1-18-11-12-25(19(2)15-18)33-14-13-30-24-10-6-4-8-22(24)29-27(30)20-16-26(32)31(17-20)23-9-5-3-7-21(23)28/h3-12,15,20H,13-14,16-17H2,1-2H3/t20-/m1/s1. The third-order valence-electron chi connectivity index (χ3n) is 6.22. The largest absolute Gasteiger partial charge is 0.491 e. The molecule has 5 rings (SSSR count). The topological polar surface area (TPSA) is 47.4 Å². The number of carbonyl (C=O) groups is 1. The summed E-state index contributed by atoms with van der Waals surface area (Å²) in [6, 6.07) is 20.5. The van der Waals surface area contributed by atoms with Crippen LogP contribution in [0.15, 0.2) is 66.7 Å². The van der Waals surface area contributed by atoms with Gasteiger partial charge in [0.25, 0.3) is 0 Å². The molecule has 0 N–H and O–H groups in total. The van der Waals surface area contributed by atoms with E-state index in [0.717, 1.165) is 28.2 Å². The molecule has 1 aliphatic heterocycles. The van der Waals surface area contributed by atoms with Crippen molar-refractivity contribution >= 4 is 22.6 Å². The third kappa shape index (κ3) is 4.09. The molecule has 1 aliphatic rings. The highest BCUT2D eigenvalue weighted by molar-refractivity contribution is 5.96. The molecule has 1 aromatic heterocycles. The van der Waals surface area contributed by atoms with Gasteiger partial charge in [-0.3, -0.25) is 4.79 Å². The van der Waals surface area contributed by atoms with Gasteiger partial charge in [0.1, 0.15) is 24.0 Å². The fourth-order valence-electron chi connectivity index (χ4n) is 4.63. The first kappa shape index (κ1) is 21.2. The number of carbonyl (C=O) groups excluding carboxylic acids is 1. The molecule has 0 spiro atoms. The van der Waals surface area contributed by atoms with Gasteiger partial charge >= 0.3 is 0 Å². The van der Waals surface area contributed by atoms with E-state index in [9.17, 15) is 9.18 Å². The van der Waals surface area contributed by atoms with Gasteiger partial charge in [0, 0.05) is 18.9 Å². The third-order valence-corrected chi connectivity index (χ3v) is 6.22. The van der Waals surface area contributed by atoms with Crippen molar-refractivity contribution in [3.8, 4) is 5.75 Å². The predicted molar refractivity (Wildman–Crippen MR) is 127 cm³/mol. The lowest BCUT2D eigenvalue weighted by molar-refractivity contribution is -0.117. The molecule has 4 aromatic rings. The highest BCUT2D eigenvalue weighted by Gasteiger charge is 2.35. The summed E-state index contributed by atoms with van der Waals surface area (Å²) in [6.45, 7) is 5.60. The Labute approximate surface area is 192 Å². The molecule has 0 saturated carbocycles. The lowest BCUT2D eigenvalue weighted by Gasteiger charge is -2.18. The van der Waals surface area contributed by atoms with Crippen LogP contribution in [0, 0.1) is 19.7 Å².